The fraction of sp³-hybridized carbons (Fsp3) is 0.286. The largest absolute Gasteiger partial charge is 0.350 e. The Hall–Kier alpha value is -2.26. The number of hydrogen-bond donors (Lipinski definition) is 0. The van der Waals surface area contributed by atoms with Crippen molar-refractivity contribution < 1.29 is 4.79 Å². The molecule has 0 radical (unpaired) electrons. The number of nitrogens with zero attached hydrogens (tertiary/aromatic N) is 2. The lowest BCUT2D eigenvalue weighted by Gasteiger charge is -2.32. The zero-order chi connectivity index (χ0) is 17.4. The molecule has 1 amide bonds. The van der Waals surface area contributed by atoms with Crippen LogP contribution in [0, 0.1) is 0 Å². The monoisotopic (exact) mass is 352 g/mol. The zero-order valence-electron chi connectivity index (χ0n) is 14.3. The highest BCUT2D eigenvalue weighted by Gasteiger charge is 2.26. The van der Waals surface area contributed by atoms with Crippen LogP contribution in [0.2, 0.25) is 5.02 Å². The van der Waals surface area contributed by atoms with E-state index in [0.717, 1.165) is 25.9 Å². The Kier molecular flexibility index (Phi) is 4.26. The van der Waals surface area contributed by atoms with E-state index in [1.54, 1.807) is 12.1 Å². The molecular weight excluding hydrogens is 332 g/mol. The number of aryl methyl sites for hydroxylation is 1. The maximum Gasteiger partial charge on any atom is 0.253 e. The van der Waals surface area contributed by atoms with Crippen molar-refractivity contribution in [3.63, 3.8) is 0 Å². The third-order valence-corrected chi connectivity index (χ3v) is 5.49. The van der Waals surface area contributed by atoms with E-state index in [1.165, 1.54) is 16.5 Å². The van der Waals surface area contributed by atoms with Crippen molar-refractivity contribution in [3.8, 4) is 0 Å². The molecule has 1 aromatic heterocycles. The highest BCUT2D eigenvalue weighted by Crippen LogP contribution is 2.34. The van der Waals surface area contributed by atoms with E-state index in [1.807, 2.05) is 17.0 Å². The summed E-state index contributed by atoms with van der Waals surface area (Å²) in [4.78, 5) is 14.6. The summed E-state index contributed by atoms with van der Waals surface area (Å²) >= 11 is 5.91. The van der Waals surface area contributed by atoms with Crippen LogP contribution in [0.25, 0.3) is 10.9 Å². The molecule has 0 bridgehead atoms. The number of para-hydroxylation sites is 1. The zero-order valence-corrected chi connectivity index (χ0v) is 15.0. The molecule has 0 unspecified atom stereocenters. The standard InChI is InChI=1S/C21H21ClN2O/c1-23-14-19(18-4-2-3-5-20(18)23)15-10-12-24(13-11-15)21(25)16-6-8-17(22)9-7-16/h2-9,14-15H,10-13H2,1H3. The van der Waals surface area contributed by atoms with Gasteiger partial charge in [0.2, 0.25) is 0 Å². The summed E-state index contributed by atoms with van der Waals surface area (Å²) in [6, 6.07) is 15.7. The van der Waals surface area contributed by atoms with Crippen LogP contribution in [0.5, 0.6) is 0 Å². The molecule has 4 heteroatoms. The molecule has 2 aromatic carbocycles. The number of piperidine rings is 1. The number of benzene rings is 2. The predicted molar refractivity (Wildman–Crippen MR) is 102 cm³/mol. The van der Waals surface area contributed by atoms with E-state index >= 15 is 0 Å². The van der Waals surface area contributed by atoms with Crippen LogP contribution in [-0.2, 0) is 7.05 Å². The molecule has 1 fully saturated rings. The van der Waals surface area contributed by atoms with Crippen LogP contribution >= 0.6 is 11.6 Å². The molecule has 128 valence electrons. The van der Waals surface area contributed by atoms with Gasteiger partial charge < -0.3 is 9.47 Å². The topological polar surface area (TPSA) is 25.2 Å². The molecular formula is C21H21ClN2O. The van der Waals surface area contributed by atoms with Crippen LogP contribution in [0.15, 0.2) is 54.7 Å². The van der Waals surface area contributed by atoms with E-state index in [-0.39, 0.29) is 5.91 Å². The van der Waals surface area contributed by atoms with Gasteiger partial charge in [0, 0.05) is 47.8 Å². The molecule has 0 atom stereocenters. The molecule has 0 aliphatic carbocycles. The summed E-state index contributed by atoms with van der Waals surface area (Å²) < 4.78 is 2.20. The normalized spacial score (nSPS) is 15.7. The highest BCUT2D eigenvalue weighted by atomic mass is 35.5. The van der Waals surface area contributed by atoms with Crippen molar-refractivity contribution in [2.24, 2.45) is 7.05 Å². The lowest BCUT2D eigenvalue weighted by Crippen LogP contribution is -2.37. The van der Waals surface area contributed by atoms with Crippen molar-refractivity contribution in [1.82, 2.24) is 9.47 Å². The second-order valence-electron chi connectivity index (χ2n) is 6.79. The van der Waals surface area contributed by atoms with Crippen LogP contribution in [0.3, 0.4) is 0 Å². The molecule has 1 saturated heterocycles. The van der Waals surface area contributed by atoms with Gasteiger partial charge in [0.1, 0.15) is 0 Å². The number of fused-ring (bicyclic) bond motifs is 1. The van der Waals surface area contributed by atoms with Crippen LogP contribution < -0.4 is 0 Å². The molecule has 0 saturated carbocycles. The quantitative estimate of drug-likeness (QED) is 0.647. The smallest absolute Gasteiger partial charge is 0.253 e. The first kappa shape index (κ1) is 16.2. The van der Waals surface area contributed by atoms with Crippen molar-refractivity contribution in [2.75, 3.05) is 13.1 Å². The third-order valence-electron chi connectivity index (χ3n) is 5.24. The summed E-state index contributed by atoms with van der Waals surface area (Å²) in [5, 5.41) is 2.00. The molecule has 4 rings (SSSR count). The first-order valence-electron chi connectivity index (χ1n) is 8.72. The van der Waals surface area contributed by atoms with Gasteiger partial charge in [-0.3, -0.25) is 4.79 Å². The van der Waals surface area contributed by atoms with E-state index in [9.17, 15) is 4.79 Å². The first-order valence-corrected chi connectivity index (χ1v) is 9.10. The van der Waals surface area contributed by atoms with Gasteiger partial charge in [-0.1, -0.05) is 29.8 Å². The number of hydrogen-bond acceptors (Lipinski definition) is 1. The van der Waals surface area contributed by atoms with Gasteiger partial charge >= 0.3 is 0 Å². The van der Waals surface area contributed by atoms with Crippen molar-refractivity contribution >= 4 is 28.4 Å². The van der Waals surface area contributed by atoms with E-state index < -0.39 is 0 Å². The summed E-state index contributed by atoms with van der Waals surface area (Å²) in [6.07, 6.45) is 4.27. The number of aromatic nitrogens is 1. The van der Waals surface area contributed by atoms with Crippen molar-refractivity contribution in [1.29, 1.82) is 0 Å². The van der Waals surface area contributed by atoms with Gasteiger partial charge in [-0.25, -0.2) is 0 Å². The predicted octanol–water partition coefficient (Wildman–Crippen LogP) is 4.85. The number of amides is 1. The first-order chi connectivity index (χ1) is 12.1. The molecule has 1 aliphatic heterocycles. The highest BCUT2D eigenvalue weighted by molar-refractivity contribution is 6.30. The fourth-order valence-electron chi connectivity index (χ4n) is 3.87. The maximum atomic E-state index is 12.6. The van der Waals surface area contributed by atoms with Crippen LogP contribution in [0.1, 0.15) is 34.7 Å². The van der Waals surface area contributed by atoms with Crippen molar-refractivity contribution in [2.45, 2.75) is 18.8 Å². The Morgan fingerprint density at radius 3 is 2.44 bits per heavy atom. The Labute approximate surface area is 152 Å². The van der Waals surface area contributed by atoms with E-state index in [2.05, 4.69) is 42.1 Å². The average Bonchev–Trinajstić information content (AvgIpc) is 2.99. The Morgan fingerprint density at radius 2 is 1.72 bits per heavy atom. The fourth-order valence-corrected chi connectivity index (χ4v) is 3.99. The van der Waals surface area contributed by atoms with Gasteiger partial charge in [-0.05, 0) is 54.7 Å². The number of carbonyl (C=O) groups is 1. The van der Waals surface area contributed by atoms with Crippen molar-refractivity contribution in [3.05, 3.63) is 70.9 Å². The van der Waals surface area contributed by atoms with Crippen LogP contribution in [-0.4, -0.2) is 28.5 Å². The third kappa shape index (κ3) is 3.05. The second kappa shape index (κ2) is 6.57. The molecule has 0 spiro atoms. The number of halogens is 1. The Bertz CT molecular complexity index is 905. The van der Waals surface area contributed by atoms with Gasteiger partial charge in [0.05, 0.1) is 0 Å². The molecule has 2 heterocycles. The average molecular weight is 353 g/mol. The van der Waals surface area contributed by atoms with Gasteiger partial charge in [0.15, 0.2) is 0 Å². The van der Waals surface area contributed by atoms with Crippen LogP contribution in [0.4, 0.5) is 0 Å². The minimum atomic E-state index is 0.105. The van der Waals surface area contributed by atoms with E-state index in [4.69, 9.17) is 11.6 Å². The summed E-state index contributed by atoms with van der Waals surface area (Å²) in [6.45, 7) is 1.60. The molecule has 1 aliphatic rings. The Balaban J connectivity index is 1.49. The minimum Gasteiger partial charge on any atom is -0.350 e. The summed E-state index contributed by atoms with van der Waals surface area (Å²) in [7, 11) is 2.10. The molecule has 3 aromatic rings. The number of likely N-dealkylation sites (tertiary alicyclic amines) is 1. The lowest BCUT2D eigenvalue weighted by molar-refractivity contribution is 0.0713. The van der Waals surface area contributed by atoms with Gasteiger partial charge in [-0.15, -0.1) is 0 Å². The second-order valence-corrected chi connectivity index (χ2v) is 7.22. The maximum absolute atomic E-state index is 12.6. The number of carbonyl (C=O) groups excluding carboxylic acids is 1. The number of rotatable bonds is 2. The molecule has 0 N–H and O–H groups in total. The van der Waals surface area contributed by atoms with Gasteiger partial charge in [-0.2, -0.15) is 0 Å². The van der Waals surface area contributed by atoms with E-state index in [0.29, 0.717) is 16.5 Å². The van der Waals surface area contributed by atoms with Gasteiger partial charge in [0.25, 0.3) is 5.91 Å². The Morgan fingerprint density at radius 1 is 1.04 bits per heavy atom. The SMILES string of the molecule is Cn1cc(C2CCN(C(=O)c3ccc(Cl)cc3)CC2)c2ccccc21. The molecule has 3 nitrogen and oxygen atoms in total. The minimum absolute atomic E-state index is 0.105. The molecule has 25 heavy (non-hydrogen) atoms. The summed E-state index contributed by atoms with van der Waals surface area (Å²) in [5.41, 5.74) is 3.40. The lowest BCUT2D eigenvalue weighted by atomic mass is 9.89. The summed E-state index contributed by atoms with van der Waals surface area (Å²) in [5.74, 6) is 0.619.